The van der Waals surface area contributed by atoms with Gasteiger partial charge in [-0.2, -0.15) is 0 Å². The first kappa shape index (κ1) is 28.2. The normalized spacial score (nSPS) is 26.4. The molecule has 3 rings (SSSR count). The number of carbonyl (C=O) groups is 1. The summed E-state index contributed by atoms with van der Waals surface area (Å²) >= 11 is 6.66. The summed E-state index contributed by atoms with van der Waals surface area (Å²) in [5.74, 6) is -1.61. The molecule has 198 valence electrons. The standard InChI is InChI=1S/C24H32ClN2O8P/c1-15(2)34-22(30)16(3)14-36(32,35-18-8-6-5-7-9-18)33-13-17-12-19(24(4,25)21(17)29)27-11-10-20(28)26-23(27)31/h5-11,15-17,19,21,29H,12-14H2,1-4H3,(H,26,28,31)/t16-,17+,19+,21+,24-,36?/m0/s1. The fraction of sp³-hybridized carbons (Fsp3) is 0.542. The molecule has 0 bridgehead atoms. The minimum atomic E-state index is -3.89. The topological polar surface area (TPSA) is 137 Å². The van der Waals surface area contributed by atoms with Gasteiger partial charge in [0.05, 0.1) is 41.8 Å². The number of aromatic amines is 1. The number of aliphatic hydroxyl groups is 1. The van der Waals surface area contributed by atoms with Gasteiger partial charge in [-0.1, -0.05) is 25.1 Å². The fourth-order valence-corrected chi connectivity index (χ4v) is 6.53. The molecule has 1 aliphatic carbocycles. The van der Waals surface area contributed by atoms with Crippen molar-refractivity contribution in [3.05, 3.63) is 63.4 Å². The highest BCUT2D eigenvalue weighted by Crippen LogP contribution is 2.53. The van der Waals surface area contributed by atoms with Crippen molar-refractivity contribution in [3.63, 3.8) is 0 Å². The number of ether oxygens (including phenoxy) is 1. The van der Waals surface area contributed by atoms with Crippen LogP contribution >= 0.6 is 19.2 Å². The van der Waals surface area contributed by atoms with Gasteiger partial charge in [-0.3, -0.25) is 23.7 Å². The van der Waals surface area contributed by atoms with Crippen LogP contribution in [0.4, 0.5) is 0 Å². The summed E-state index contributed by atoms with van der Waals surface area (Å²) in [4.78, 5) is 37.1. The van der Waals surface area contributed by atoms with Crippen LogP contribution in [0, 0.1) is 11.8 Å². The van der Waals surface area contributed by atoms with Gasteiger partial charge in [-0.25, -0.2) is 9.36 Å². The van der Waals surface area contributed by atoms with E-state index in [1.54, 1.807) is 58.0 Å². The smallest absolute Gasteiger partial charge is 0.380 e. The number of benzene rings is 1. The molecule has 1 fully saturated rings. The van der Waals surface area contributed by atoms with Crippen molar-refractivity contribution in [2.75, 3.05) is 12.8 Å². The summed E-state index contributed by atoms with van der Waals surface area (Å²) in [6, 6.07) is 8.96. The van der Waals surface area contributed by atoms with Crippen molar-refractivity contribution in [3.8, 4) is 5.75 Å². The molecule has 0 radical (unpaired) electrons. The second-order valence-electron chi connectivity index (χ2n) is 9.51. The molecule has 2 aromatic rings. The van der Waals surface area contributed by atoms with E-state index >= 15 is 0 Å². The number of aliphatic hydroxyl groups excluding tert-OH is 1. The number of aromatic nitrogens is 2. The lowest BCUT2D eigenvalue weighted by Gasteiger charge is -2.29. The summed E-state index contributed by atoms with van der Waals surface area (Å²) in [6.07, 6.45) is -0.163. The molecule has 0 saturated heterocycles. The fourth-order valence-electron chi connectivity index (χ4n) is 4.25. The Labute approximate surface area is 214 Å². The molecule has 1 aromatic carbocycles. The monoisotopic (exact) mass is 542 g/mol. The molecule has 1 aliphatic rings. The Balaban J connectivity index is 1.80. The first-order chi connectivity index (χ1) is 16.8. The molecule has 0 amide bonds. The van der Waals surface area contributed by atoms with Crippen LogP contribution in [0.5, 0.6) is 5.75 Å². The van der Waals surface area contributed by atoms with Crippen molar-refractivity contribution < 1.29 is 28.3 Å². The number of halogens is 1. The summed E-state index contributed by atoms with van der Waals surface area (Å²) < 4.78 is 31.8. The molecule has 0 spiro atoms. The first-order valence-corrected chi connectivity index (χ1v) is 13.8. The number of hydrogen-bond donors (Lipinski definition) is 2. The minimum absolute atomic E-state index is 0.200. The molecule has 0 aliphatic heterocycles. The number of H-pyrrole nitrogens is 1. The third kappa shape index (κ3) is 6.68. The van der Waals surface area contributed by atoms with Gasteiger partial charge >= 0.3 is 19.3 Å². The van der Waals surface area contributed by atoms with Gasteiger partial charge in [-0.15, -0.1) is 11.6 Å². The molecule has 36 heavy (non-hydrogen) atoms. The minimum Gasteiger partial charge on any atom is -0.463 e. The lowest BCUT2D eigenvalue weighted by molar-refractivity contribution is -0.151. The zero-order valence-corrected chi connectivity index (χ0v) is 22.3. The van der Waals surface area contributed by atoms with E-state index in [-0.39, 0.29) is 25.3 Å². The second kappa shape index (κ2) is 11.3. The van der Waals surface area contributed by atoms with Gasteiger partial charge in [0.2, 0.25) is 0 Å². The average molecular weight is 543 g/mol. The van der Waals surface area contributed by atoms with E-state index in [0.29, 0.717) is 5.75 Å². The van der Waals surface area contributed by atoms with E-state index in [1.165, 1.54) is 16.8 Å². The Morgan fingerprint density at radius 1 is 1.25 bits per heavy atom. The molecule has 12 heteroatoms. The Morgan fingerprint density at radius 2 is 1.92 bits per heavy atom. The third-order valence-electron chi connectivity index (χ3n) is 6.11. The lowest BCUT2D eigenvalue weighted by atomic mass is 10.0. The van der Waals surface area contributed by atoms with E-state index < -0.39 is 53.7 Å². The molecule has 1 saturated carbocycles. The van der Waals surface area contributed by atoms with Crippen molar-refractivity contribution in [1.29, 1.82) is 0 Å². The van der Waals surface area contributed by atoms with Crippen LogP contribution in [-0.2, 0) is 18.6 Å². The van der Waals surface area contributed by atoms with Crippen LogP contribution < -0.4 is 15.8 Å². The van der Waals surface area contributed by atoms with E-state index in [2.05, 4.69) is 4.98 Å². The number of alkyl halides is 1. The van der Waals surface area contributed by atoms with E-state index in [0.717, 1.165) is 0 Å². The van der Waals surface area contributed by atoms with Gasteiger partial charge in [-0.05, 0) is 39.3 Å². The second-order valence-corrected chi connectivity index (χ2v) is 12.3. The largest absolute Gasteiger partial charge is 0.463 e. The third-order valence-corrected chi connectivity index (χ3v) is 8.62. The van der Waals surface area contributed by atoms with Crippen molar-refractivity contribution >= 4 is 25.2 Å². The molecule has 10 nitrogen and oxygen atoms in total. The molecule has 2 N–H and O–H groups in total. The first-order valence-electron chi connectivity index (χ1n) is 11.7. The SMILES string of the molecule is CC(C)OC(=O)[C@@H](C)CP(=O)(OC[C@H]1C[C@@H](n2ccc(=O)[nH]c2=O)[C@](C)(Cl)[C@@H]1O)Oc1ccccc1. The predicted octanol–water partition coefficient (Wildman–Crippen LogP) is 3.33. The van der Waals surface area contributed by atoms with E-state index in [9.17, 15) is 24.1 Å². The number of nitrogens with zero attached hydrogens (tertiary/aromatic N) is 1. The van der Waals surface area contributed by atoms with Gasteiger partial charge in [0.25, 0.3) is 5.56 Å². The van der Waals surface area contributed by atoms with Crippen LogP contribution in [0.15, 0.2) is 52.2 Å². The summed E-state index contributed by atoms with van der Waals surface area (Å²) in [7, 11) is -3.89. The number of nitrogens with one attached hydrogen (secondary N) is 1. The van der Waals surface area contributed by atoms with Gasteiger partial charge in [0.15, 0.2) is 0 Å². The van der Waals surface area contributed by atoms with Crippen LogP contribution in [0.1, 0.15) is 40.2 Å². The maximum absolute atomic E-state index is 13.8. The molecule has 6 atom stereocenters. The molecule has 1 unspecified atom stereocenters. The van der Waals surface area contributed by atoms with Gasteiger partial charge in [0.1, 0.15) is 5.75 Å². The van der Waals surface area contributed by atoms with Crippen LogP contribution in [0.25, 0.3) is 0 Å². The summed E-state index contributed by atoms with van der Waals surface area (Å²) in [5.41, 5.74) is -1.20. The molecular formula is C24H32ClN2O8P. The Hall–Kier alpha value is -2.39. The summed E-state index contributed by atoms with van der Waals surface area (Å²) in [5, 5.41) is 10.9. The Bertz CT molecular complexity index is 1210. The Kier molecular flexibility index (Phi) is 8.88. The molecular weight excluding hydrogens is 511 g/mol. The van der Waals surface area contributed by atoms with Crippen molar-refractivity contribution in [2.45, 2.75) is 57.2 Å². The van der Waals surface area contributed by atoms with Crippen molar-refractivity contribution in [2.24, 2.45) is 11.8 Å². The summed E-state index contributed by atoms with van der Waals surface area (Å²) in [6.45, 7) is 6.40. The average Bonchev–Trinajstić information content (AvgIpc) is 3.01. The number of esters is 1. The predicted molar refractivity (Wildman–Crippen MR) is 135 cm³/mol. The number of carbonyl (C=O) groups excluding carboxylic acids is 1. The quantitative estimate of drug-likeness (QED) is 0.265. The van der Waals surface area contributed by atoms with Crippen LogP contribution in [0.3, 0.4) is 0 Å². The zero-order chi connectivity index (χ0) is 26.7. The maximum Gasteiger partial charge on any atom is 0.380 e. The highest BCUT2D eigenvalue weighted by molar-refractivity contribution is 7.54. The van der Waals surface area contributed by atoms with Gasteiger partial charge in [0, 0.05) is 18.2 Å². The van der Waals surface area contributed by atoms with Crippen molar-refractivity contribution in [1.82, 2.24) is 9.55 Å². The maximum atomic E-state index is 13.8. The number of para-hydroxylation sites is 1. The molecule has 1 heterocycles. The number of rotatable bonds is 10. The molecule has 1 aromatic heterocycles. The zero-order valence-electron chi connectivity index (χ0n) is 20.6. The highest BCUT2D eigenvalue weighted by Gasteiger charge is 2.52. The van der Waals surface area contributed by atoms with Crippen LogP contribution in [-0.4, -0.2) is 50.5 Å². The number of hydrogen-bond acceptors (Lipinski definition) is 8. The van der Waals surface area contributed by atoms with Gasteiger partial charge < -0.3 is 14.4 Å². The highest BCUT2D eigenvalue weighted by atomic mass is 35.5. The van der Waals surface area contributed by atoms with E-state index in [1.807, 2.05) is 0 Å². The van der Waals surface area contributed by atoms with Crippen LogP contribution in [0.2, 0.25) is 0 Å². The van der Waals surface area contributed by atoms with E-state index in [4.69, 9.17) is 25.4 Å². The lowest BCUT2D eigenvalue weighted by Crippen LogP contribution is -2.42. The Morgan fingerprint density at radius 3 is 2.53 bits per heavy atom.